The van der Waals surface area contributed by atoms with Gasteiger partial charge in [0.25, 0.3) is 0 Å². The summed E-state index contributed by atoms with van der Waals surface area (Å²) in [7, 11) is 0. The molecule has 0 saturated carbocycles. The molecule has 1 atom stereocenters. The van der Waals surface area contributed by atoms with Crippen molar-refractivity contribution < 1.29 is 0 Å². The first kappa shape index (κ1) is 13.6. The van der Waals surface area contributed by atoms with E-state index < -0.39 is 0 Å². The molecule has 0 aliphatic carbocycles. The fourth-order valence-electron chi connectivity index (χ4n) is 1.91. The second kappa shape index (κ2) is 5.96. The molecule has 6 heteroatoms. The average molecular weight is 320 g/mol. The van der Waals surface area contributed by atoms with Gasteiger partial charge in [-0.25, -0.2) is 4.98 Å². The van der Waals surface area contributed by atoms with Crippen molar-refractivity contribution in [3.8, 4) is 6.07 Å². The maximum Gasteiger partial charge on any atom is 0.145 e. The van der Waals surface area contributed by atoms with E-state index in [2.05, 4.69) is 11.1 Å². The van der Waals surface area contributed by atoms with Gasteiger partial charge in [-0.05, 0) is 17.7 Å². The number of rotatable bonds is 2. The Morgan fingerprint density at radius 3 is 2.85 bits per heavy atom. The van der Waals surface area contributed by atoms with E-state index in [1.807, 2.05) is 24.3 Å². The smallest absolute Gasteiger partial charge is 0.145 e. The number of nitriles is 1. The molecule has 0 bridgehead atoms. The summed E-state index contributed by atoms with van der Waals surface area (Å²) < 4.78 is 2.81. The number of hydrogen-bond donors (Lipinski definition) is 0. The molecular formula is C14H10ClN3S2. The summed E-state index contributed by atoms with van der Waals surface area (Å²) >= 11 is 9.36. The Morgan fingerprint density at radius 2 is 2.20 bits per heavy atom. The molecule has 0 N–H and O–H groups in total. The Bertz CT molecular complexity index is 671. The Hall–Kier alpha value is -1.35. The normalized spacial score (nSPS) is 20.7. The van der Waals surface area contributed by atoms with Crippen molar-refractivity contribution in [3.63, 3.8) is 0 Å². The number of benzene rings is 1. The summed E-state index contributed by atoms with van der Waals surface area (Å²) in [6.45, 7) is 0. The molecule has 1 aliphatic heterocycles. The van der Waals surface area contributed by atoms with Crippen molar-refractivity contribution >= 4 is 40.8 Å². The minimum atomic E-state index is 0.360. The summed E-state index contributed by atoms with van der Waals surface area (Å²) in [6.07, 6.45) is 5.13. The third kappa shape index (κ3) is 2.73. The molecule has 2 heterocycles. The van der Waals surface area contributed by atoms with Gasteiger partial charge in [-0.2, -0.15) is 5.26 Å². The van der Waals surface area contributed by atoms with Crippen molar-refractivity contribution in [3.05, 3.63) is 57.8 Å². The largest absolute Gasteiger partial charge is 0.296 e. The van der Waals surface area contributed by atoms with Crippen LogP contribution in [0, 0.1) is 11.3 Å². The van der Waals surface area contributed by atoms with Gasteiger partial charge in [-0.3, -0.25) is 4.57 Å². The minimum Gasteiger partial charge on any atom is -0.296 e. The average Bonchev–Trinajstić information content (AvgIpc) is 3.12. The molecule has 1 saturated heterocycles. The van der Waals surface area contributed by atoms with E-state index >= 15 is 0 Å². The molecular weight excluding hydrogens is 310 g/mol. The summed E-state index contributed by atoms with van der Waals surface area (Å²) in [4.78, 5) is 3.99. The van der Waals surface area contributed by atoms with Crippen LogP contribution < -0.4 is 0 Å². The lowest BCUT2D eigenvalue weighted by atomic mass is 10.2. The van der Waals surface area contributed by atoms with Crippen LogP contribution in [-0.2, 0) is 0 Å². The van der Waals surface area contributed by atoms with Gasteiger partial charge in [0.1, 0.15) is 11.8 Å². The van der Waals surface area contributed by atoms with Gasteiger partial charge in [0.2, 0.25) is 0 Å². The Balaban J connectivity index is 1.86. The van der Waals surface area contributed by atoms with Gasteiger partial charge in [-0.15, -0.1) is 23.5 Å². The monoisotopic (exact) mass is 319 g/mol. The summed E-state index contributed by atoms with van der Waals surface area (Å²) in [5.74, 6) is 0.960. The fraction of sp³-hybridized carbons (Fsp3) is 0.143. The topological polar surface area (TPSA) is 41.6 Å². The van der Waals surface area contributed by atoms with Crippen molar-refractivity contribution in [2.75, 3.05) is 5.75 Å². The van der Waals surface area contributed by atoms with Gasteiger partial charge in [0.05, 0.1) is 10.6 Å². The maximum atomic E-state index is 9.35. The van der Waals surface area contributed by atoms with E-state index in [0.29, 0.717) is 10.9 Å². The van der Waals surface area contributed by atoms with Crippen LogP contribution in [0.2, 0.25) is 5.02 Å². The van der Waals surface area contributed by atoms with E-state index in [9.17, 15) is 5.26 Å². The van der Waals surface area contributed by atoms with Crippen LogP contribution in [0.3, 0.4) is 0 Å². The molecule has 20 heavy (non-hydrogen) atoms. The van der Waals surface area contributed by atoms with Crippen LogP contribution in [0.1, 0.15) is 10.8 Å². The fourth-order valence-corrected chi connectivity index (χ4v) is 4.94. The molecule has 0 spiro atoms. The van der Waals surface area contributed by atoms with Gasteiger partial charge < -0.3 is 0 Å². The molecule has 1 aromatic carbocycles. The van der Waals surface area contributed by atoms with E-state index in [1.165, 1.54) is 5.56 Å². The van der Waals surface area contributed by atoms with E-state index in [1.54, 1.807) is 46.8 Å². The third-order valence-corrected chi connectivity index (χ3v) is 6.11. The number of nitrogens with zero attached hydrogens (tertiary/aromatic N) is 3. The quantitative estimate of drug-likeness (QED) is 0.769. The van der Waals surface area contributed by atoms with Crippen LogP contribution in [0.25, 0.3) is 5.70 Å². The first-order chi connectivity index (χ1) is 9.78. The number of allylic oxidation sites excluding steroid dienone is 1. The molecule has 0 amide bonds. The molecule has 0 radical (unpaired) electrons. The van der Waals surface area contributed by atoms with E-state index in [0.717, 1.165) is 15.0 Å². The minimum absolute atomic E-state index is 0.360. The molecule has 1 aliphatic rings. The van der Waals surface area contributed by atoms with Gasteiger partial charge in [0.15, 0.2) is 0 Å². The summed E-state index contributed by atoms with van der Waals surface area (Å²) in [5, 5.41) is 10.5. The van der Waals surface area contributed by atoms with Gasteiger partial charge in [0, 0.05) is 28.4 Å². The zero-order chi connectivity index (χ0) is 13.9. The maximum absolute atomic E-state index is 9.35. The van der Waals surface area contributed by atoms with E-state index in [-0.39, 0.29) is 0 Å². The molecule has 3 rings (SSSR count). The predicted octanol–water partition coefficient (Wildman–Crippen LogP) is 4.41. The summed E-state index contributed by atoms with van der Waals surface area (Å²) in [6, 6.07) is 10.2. The lowest BCUT2D eigenvalue weighted by Crippen LogP contribution is -1.92. The third-order valence-electron chi connectivity index (χ3n) is 2.92. The highest BCUT2D eigenvalue weighted by Crippen LogP contribution is 2.52. The predicted molar refractivity (Wildman–Crippen MR) is 85.3 cm³/mol. The zero-order valence-corrected chi connectivity index (χ0v) is 12.8. The first-order valence-corrected chi connectivity index (χ1v) is 8.20. The second-order valence-corrected chi connectivity index (χ2v) is 7.12. The van der Waals surface area contributed by atoms with Crippen molar-refractivity contribution in [2.45, 2.75) is 5.25 Å². The van der Waals surface area contributed by atoms with Crippen molar-refractivity contribution in [2.24, 2.45) is 0 Å². The van der Waals surface area contributed by atoms with Gasteiger partial charge in [-0.1, -0.05) is 23.7 Å². The Kier molecular flexibility index (Phi) is 4.06. The zero-order valence-electron chi connectivity index (χ0n) is 10.4. The molecule has 1 aromatic heterocycles. The SMILES string of the molecule is N#C/C(=C1\SC[C@@H](c2ccc(Cl)cc2)S1)n1ccnc1. The number of imidazole rings is 1. The number of aromatic nitrogens is 2. The Labute approximate surface area is 130 Å². The standard InChI is InChI=1S/C14H10ClN3S2/c15-11-3-1-10(2-4-11)13-8-19-14(20-13)12(7-16)18-6-5-17-9-18/h1-6,9,13H,8H2/b14-12-/t13-/m0/s1. The van der Waals surface area contributed by atoms with Crippen LogP contribution in [0.5, 0.6) is 0 Å². The molecule has 1 fully saturated rings. The molecule has 100 valence electrons. The molecule has 3 nitrogen and oxygen atoms in total. The number of hydrogen-bond acceptors (Lipinski definition) is 4. The van der Waals surface area contributed by atoms with Crippen LogP contribution in [0.15, 0.2) is 47.2 Å². The molecule has 2 aromatic rings. The lowest BCUT2D eigenvalue weighted by molar-refractivity contribution is 1.10. The van der Waals surface area contributed by atoms with Crippen LogP contribution >= 0.6 is 35.1 Å². The summed E-state index contributed by atoms with van der Waals surface area (Å²) in [5.41, 5.74) is 1.89. The van der Waals surface area contributed by atoms with Crippen molar-refractivity contribution in [1.29, 1.82) is 5.26 Å². The lowest BCUT2D eigenvalue weighted by Gasteiger charge is -2.08. The highest BCUT2D eigenvalue weighted by Gasteiger charge is 2.26. The molecule has 0 unspecified atom stereocenters. The Morgan fingerprint density at radius 1 is 1.40 bits per heavy atom. The number of halogens is 1. The highest BCUT2D eigenvalue weighted by molar-refractivity contribution is 8.25. The van der Waals surface area contributed by atoms with Crippen molar-refractivity contribution in [1.82, 2.24) is 9.55 Å². The van der Waals surface area contributed by atoms with Crippen LogP contribution in [-0.4, -0.2) is 15.3 Å². The second-order valence-electron chi connectivity index (χ2n) is 4.19. The first-order valence-electron chi connectivity index (χ1n) is 5.95. The van der Waals surface area contributed by atoms with Gasteiger partial charge >= 0.3 is 0 Å². The van der Waals surface area contributed by atoms with Crippen LogP contribution in [0.4, 0.5) is 0 Å². The number of thioether (sulfide) groups is 2. The van der Waals surface area contributed by atoms with E-state index in [4.69, 9.17) is 11.6 Å². The highest BCUT2D eigenvalue weighted by atomic mass is 35.5.